The average molecular weight is 1780 g/mol. The van der Waals surface area contributed by atoms with Crippen molar-refractivity contribution >= 4 is 132 Å². The van der Waals surface area contributed by atoms with Gasteiger partial charge in [-0.25, -0.2) is 91.7 Å². The van der Waals surface area contributed by atoms with Gasteiger partial charge >= 0.3 is 52.6 Å². The van der Waals surface area contributed by atoms with E-state index in [9.17, 15) is 97.3 Å². The maximum Gasteiger partial charge on any atom is 0.632 e. The maximum absolute atomic E-state index is 14.4. The molecular formula is C51H67N25O35P6+2. The molecular weight excluding hydrogens is 1710 g/mol. The zero-order valence-corrected chi connectivity index (χ0v) is 64.0. The molecule has 0 aromatic carbocycles. The molecule has 0 bridgehead atoms. The summed E-state index contributed by atoms with van der Waals surface area (Å²) in [5.41, 5.74) is 28.2. The lowest BCUT2D eigenvalue weighted by molar-refractivity contribution is -0.745. The summed E-state index contributed by atoms with van der Waals surface area (Å²) in [6, 6.07) is 0. The topological polar surface area (TPSA) is 866 Å². The van der Waals surface area contributed by atoms with Crippen LogP contribution < -0.4 is 38.8 Å². The molecule has 0 radical (unpaired) electrons. The second-order valence-corrected chi connectivity index (χ2v) is 35.0. The Bertz CT molecular complexity index is 5810. The van der Waals surface area contributed by atoms with E-state index in [0.717, 1.165) is 62.6 Å². The number of H-pyrrole nitrogens is 1. The van der Waals surface area contributed by atoms with Gasteiger partial charge in [-0.15, -0.1) is 0 Å². The molecule has 25 N–H and O–H groups in total. The van der Waals surface area contributed by atoms with E-state index in [1.807, 2.05) is 0 Å². The van der Waals surface area contributed by atoms with E-state index in [2.05, 4.69) is 82.9 Å². The molecule has 0 spiro atoms. The van der Waals surface area contributed by atoms with E-state index >= 15 is 0 Å². The fraction of sp³-hybridized carbons (Fsp3) is 0.510. The number of nitrogens with one attached hydrogen (secondary N) is 1. The Morgan fingerprint density at radius 3 is 1.25 bits per heavy atom. The van der Waals surface area contributed by atoms with E-state index in [1.165, 1.54) is 28.8 Å². The van der Waals surface area contributed by atoms with Crippen molar-refractivity contribution in [3.63, 3.8) is 0 Å². The van der Waals surface area contributed by atoms with E-state index in [-0.39, 0.29) is 85.0 Å². The number of fused-ring (bicyclic) bond motifs is 5. The van der Waals surface area contributed by atoms with Crippen LogP contribution in [0.25, 0.3) is 55.8 Å². The van der Waals surface area contributed by atoms with Crippen LogP contribution in [0.5, 0.6) is 0 Å². The Hall–Kier alpha value is -8.19. The molecule has 5 aliphatic rings. The van der Waals surface area contributed by atoms with Crippen LogP contribution in [-0.4, -0.2) is 287 Å². The number of nitrogen functional groups attached to an aromatic ring is 5. The van der Waals surface area contributed by atoms with Crippen LogP contribution in [0, 0.1) is 0 Å². The highest BCUT2D eigenvalue weighted by molar-refractivity contribution is 7.66. The minimum absolute atomic E-state index is 0.0364. The van der Waals surface area contributed by atoms with Crippen LogP contribution in [0.15, 0.2) is 61.7 Å². The molecule has 60 nitrogen and oxygen atoms in total. The van der Waals surface area contributed by atoms with Crippen LogP contribution in [0.3, 0.4) is 0 Å². The number of aliphatic hydroxyl groups is 8. The normalized spacial score (nSPS) is 31.5. The summed E-state index contributed by atoms with van der Waals surface area (Å²) in [6.45, 7) is -6.36. The van der Waals surface area contributed by atoms with E-state index in [1.54, 1.807) is 0 Å². The molecule has 6 unspecified atom stereocenters. The van der Waals surface area contributed by atoms with Crippen molar-refractivity contribution in [3.8, 4) is 0 Å². The molecule has 26 atom stereocenters. The number of phosphoric acid groups is 5. The molecule has 5 saturated heterocycles. The lowest BCUT2D eigenvalue weighted by Gasteiger charge is -2.26. The van der Waals surface area contributed by atoms with E-state index in [4.69, 9.17) is 84.0 Å². The molecule has 0 saturated carbocycles. The van der Waals surface area contributed by atoms with Crippen LogP contribution in [0.2, 0.25) is 0 Å². The number of anilines is 5. The molecule has 15 rings (SSSR count). The summed E-state index contributed by atoms with van der Waals surface area (Å²) < 4.78 is 168. The molecule has 0 amide bonds. The predicted molar refractivity (Wildman–Crippen MR) is 373 cm³/mol. The summed E-state index contributed by atoms with van der Waals surface area (Å²) in [5.74, 6) is -0.961. The van der Waals surface area contributed by atoms with Crippen LogP contribution in [-0.2, 0) is 98.4 Å². The minimum atomic E-state index is -6.38. The molecule has 0 aliphatic carbocycles. The lowest BCUT2D eigenvalue weighted by atomic mass is 10.1. The second-order valence-electron chi connectivity index (χ2n) is 26.1. The Kier molecular flexibility index (Phi) is 22.8. The SMILES string of the molecule is Cn1c[n+]([C@@H]2O[C@H](COP(=O)(O)OP(=O)(O)OP(=O)(O)OC[C@H]3O[C@@H](n4cnc5c(N)ncnc54)[C@H](O)[C@@H]3[OH+]P(=O)(O)OC[C@H]3O[C@@H](n4cnc5c(N)ncnc54)[C@H](O)[C@@H]3OP(=O)(O)OC[C@H]3O[C@@H](n4cnc5c(N)ncnc54)[C@H](O)[C@@H]3OP(=O)(O)OC[C@H]3O[C@@H](n4cnc5c(N)ncnc54)[C@H](O)[C@@H]3O)[C@@H](O)[C@H]2O)c2nc(N)[nH]c(=O)c21. The lowest BCUT2D eigenvalue weighted by Crippen LogP contribution is -2.46. The van der Waals surface area contributed by atoms with Gasteiger partial charge in [0.1, 0.15) is 121 Å². The Labute approximate surface area is 646 Å². The molecule has 66 heteroatoms. The third-order valence-electron chi connectivity index (χ3n) is 18.6. The summed E-state index contributed by atoms with van der Waals surface area (Å²) in [5, 5.41) is 79.8. The van der Waals surface area contributed by atoms with Gasteiger partial charge in [-0.1, -0.05) is 4.98 Å². The van der Waals surface area contributed by atoms with Gasteiger partial charge in [0.15, 0.2) is 89.3 Å². The zero-order chi connectivity index (χ0) is 83.7. The fourth-order valence-corrected chi connectivity index (χ4v) is 19.8. The number of phosphoric ester groups is 4. The van der Waals surface area contributed by atoms with Gasteiger partial charge in [-0.2, -0.15) is 13.2 Å². The Morgan fingerprint density at radius 2 is 0.803 bits per heavy atom. The van der Waals surface area contributed by atoms with Gasteiger partial charge in [0, 0.05) is 0 Å². The number of hydrogen-bond acceptors (Lipinski definition) is 46. The molecule has 5 fully saturated rings. The van der Waals surface area contributed by atoms with Gasteiger partial charge in [0.25, 0.3) is 11.5 Å². The number of ether oxygens (including phenoxy) is 5. The van der Waals surface area contributed by atoms with Crippen molar-refractivity contribution in [2.75, 3.05) is 61.7 Å². The van der Waals surface area contributed by atoms with Crippen molar-refractivity contribution in [1.82, 2.24) is 92.6 Å². The molecule has 10 aromatic rings. The van der Waals surface area contributed by atoms with Crippen molar-refractivity contribution < 1.29 is 166 Å². The highest BCUT2D eigenvalue weighted by atomic mass is 31.3. The average Bonchev–Trinajstić information content (AvgIpc) is 1.64. The van der Waals surface area contributed by atoms with Crippen molar-refractivity contribution in [2.45, 2.75) is 123 Å². The number of aromatic nitrogens is 20. The summed E-state index contributed by atoms with van der Waals surface area (Å²) >= 11 is 0. The molecule has 117 heavy (non-hydrogen) atoms. The maximum atomic E-state index is 14.4. The number of nitrogens with two attached hydrogens (primary N) is 5. The first-order valence-corrected chi connectivity index (χ1v) is 42.4. The summed E-state index contributed by atoms with van der Waals surface area (Å²) in [7, 11) is -34.4. The zero-order valence-electron chi connectivity index (χ0n) is 58.7. The highest BCUT2D eigenvalue weighted by Crippen LogP contribution is 2.68. The first kappa shape index (κ1) is 83.9. The van der Waals surface area contributed by atoms with E-state index < -0.39 is 208 Å². The Morgan fingerprint density at radius 1 is 0.444 bits per heavy atom. The highest BCUT2D eigenvalue weighted by Gasteiger charge is 2.58. The fourth-order valence-electron chi connectivity index (χ4n) is 13.3. The van der Waals surface area contributed by atoms with Crippen LogP contribution in [0.4, 0.5) is 29.2 Å². The molecule has 5 aliphatic heterocycles. The van der Waals surface area contributed by atoms with Crippen LogP contribution >= 0.6 is 46.9 Å². The van der Waals surface area contributed by atoms with Crippen LogP contribution in [0.1, 0.15) is 31.1 Å². The third-order valence-corrected chi connectivity index (χ3v) is 25.8. The number of rotatable bonds is 30. The number of aromatic amines is 1. The monoisotopic (exact) mass is 1780 g/mol. The number of aryl methyl sites for hydroxylation is 1. The first-order valence-electron chi connectivity index (χ1n) is 33.4. The standard InChI is InChI=1S/C51H65N25O35P6/c1-71-15-76(44-25(71)45(84)70-51(56)69-44)47-29(80)27(78)17(103-47)3-100-115(91,92)110-117(95,96)111-116(93,94)101-6-20-35(32(83)50(106-20)75-14-68-24-39(55)60-10-64-43(24)75)109-114(89,90)99-5-19-34(31(82)49(105-19)74-13-67-23-38(54)59-9-63-42(23)74)108-113(87,88)98-4-18-33(30(81)48(104-18)73-12-66-22-37(53)58-8-62-41(22)73)107-112(85,86)97-2-16-26(77)28(79)46(102-16)72-11-65-21-36(52)57-7-61-40(21)72/h7-20,26-35,46-50,77-83H,2-6H2,1H3,(H16-,52,53,54,55,56,57,58,59,60,61,62,63,64,69,70,84,85,86,87,88,89,90,91,92,93,94,95,96)/p+2/t16-,17-,18-,19-,20-,26-,27-,28-,29-,30-,31-,32-,33-,34-,35-,46-,47-,48-,49-,50-/m1/s1. The number of aliphatic hydroxyl groups excluding tert-OH is 7. The van der Waals surface area contributed by atoms with Gasteiger partial charge in [-0.05, 0) is 0 Å². The van der Waals surface area contributed by atoms with Crippen molar-refractivity contribution in [1.29, 1.82) is 0 Å². The predicted octanol–water partition coefficient (Wildman–Crippen LogP) is -6.78. The van der Waals surface area contributed by atoms with Gasteiger partial charge in [0.05, 0.1) is 65.4 Å². The Balaban J connectivity index is 0.634. The molecule has 15 heterocycles. The second kappa shape index (κ2) is 31.8. The quantitative estimate of drug-likeness (QED) is 0.0113. The first-order chi connectivity index (χ1) is 55.2. The smallest absolute Gasteiger partial charge is 0.387 e. The van der Waals surface area contributed by atoms with Gasteiger partial charge in [0.2, 0.25) is 17.8 Å². The number of imidazole rings is 5. The largest absolute Gasteiger partial charge is 0.632 e. The summed E-state index contributed by atoms with van der Waals surface area (Å²) in [4.78, 5) is 134. The number of hydrogen-bond donors (Lipinski definition) is 19. The third kappa shape index (κ3) is 16.7. The summed E-state index contributed by atoms with van der Waals surface area (Å²) in [6.07, 6.45) is -29.2. The number of nitrogens with zero attached hydrogens (tertiary/aromatic N) is 19. The molecule has 634 valence electrons. The van der Waals surface area contributed by atoms with Crippen molar-refractivity contribution in [2.24, 2.45) is 7.05 Å². The van der Waals surface area contributed by atoms with E-state index in [0.29, 0.717) is 0 Å². The minimum Gasteiger partial charge on any atom is -0.387 e. The van der Waals surface area contributed by atoms with Gasteiger partial charge in [-0.3, -0.25) is 64.6 Å². The van der Waals surface area contributed by atoms with Gasteiger partial charge < -0.3 is 117 Å². The molecule has 10 aromatic heterocycles. The van der Waals surface area contributed by atoms with Crippen molar-refractivity contribution in [3.05, 3.63) is 67.3 Å².